The molecule has 1 amide bonds. The van der Waals surface area contributed by atoms with Crippen LogP contribution in [0.2, 0.25) is 0 Å². The van der Waals surface area contributed by atoms with E-state index in [4.69, 9.17) is 0 Å². The summed E-state index contributed by atoms with van der Waals surface area (Å²) in [4.78, 5) is 52.0. The van der Waals surface area contributed by atoms with Crippen LogP contribution in [0.5, 0.6) is 0 Å². The van der Waals surface area contributed by atoms with Crippen molar-refractivity contribution in [3.8, 4) is 0 Å². The minimum atomic E-state index is -0.840. The number of fused-ring (bicyclic) bond motifs is 1. The number of hydrogen-bond donors (Lipinski definition) is 3. The Morgan fingerprint density at radius 1 is 1.26 bits per heavy atom. The van der Waals surface area contributed by atoms with Crippen LogP contribution < -0.4 is 16.4 Å². The zero-order chi connectivity index (χ0) is 19.6. The molecular formula is C17H21N5O5. The number of carbonyl (C=O) groups is 1. The summed E-state index contributed by atoms with van der Waals surface area (Å²) >= 11 is 0. The molecule has 10 nitrogen and oxygen atoms in total. The molecule has 2 heterocycles. The standard InChI is InChI=1S/C17H21N5O5/c1-10(23)18-8-11-2-4-21(5-3-11)9-12-6-13(22(26)27)7-14-15(12)20-17(25)16(24)19-14/h6-7,11H,2-5,8-9H2,1H3,(H,18,23)(H,19,24)(H,20,25). The van der Waals surface area contributed by atoms with E-state index >= 15 is 0 Å². The summed E-state index contributed by atoms with van der Waals surface area (Å²) in [6.07, 6.45) is 1.81. The number of nitrogens with one attached hydrogen (secondary N) is 3. The van der Waals surface area contributed by atoms with E-state index in [0.717, 1.165) is 25.9 Å². The van der Waals surface area contributed by atoms with E-state index in [1.165, 1.54) is 19.1 Å². The summed E-state index contributed by atoms with van der Waals surface area (Å²) < 4.78 is 0. The highest BCUT2D eigenvalue weighted by molar-refractivity contribution is 5.80. The van der Waals surface area contributed by atoms with Crippen molar-refractivity contribution >= 4 is 22.6 Å². The lowest BCUT2D eigenvalue weighted by Gasteiger charge is -2.32. The van der Waals surface area contributed by atoms with Crippen LogP contribution in [0.25, 0.3) is 11.0 Å². The molecule has 2 aromatic rings. The largest absolute Gasteiger partial charge is 0.356 e. The fourth-order valence-electron chi connectivity index (χ4n) is 3.39. The normalized spacial score (nSPS) is 15.7. The molecule has 1 aliphatic rings. The zero-order valence-electron chi connectivity index (χ0n) is 14.9. The van der Waals surface area contributed by atoms with Crippen molar-refractivity contribution in [1.82, 2.24) is 20.2 Å². The Kier molecular flexibility index (Phi) is 5.36. The van der Waals surface area contributed by atoms with Gasteiger partial charge in [0.05, 0.1) is 16.0 Å². The molecule has 10 heteroatoms. The topological polar surface area (TPSA) is 141 Å². The van der Waals surface area contributed by atoms with Gasteiger partial charge < -0.3 is 15.3 Å². The third-order valence-electron chi connectivity index (χ3n) is 4.85. The average molecular weight is 375 g/mol. The van der Waals surface area contributed by atoms with E-state index < -0.39 is 16.0 Å². The molecule has 0 spiro atoms. The van der Waals surface area contributed by atoms with Crippen molar-refractivity contribution in [2.75, 3.05) is 19.6 Å². The van der Waals surface area contributed by atoms with E-state index in [1.807, 2.05) is 0 Å². The number of benzene rings is 1. The van der Waals surface area contributed by atoms with E-state index in [9.17, 15) is 24.5 Å². The summed E-state index contributed by atoms with van der Waals surface area (Å²) in [6.45, 7) is 4.13. The summed E-state index contributed by atoms with van der Waals surface area (Å²) in [5, 5.41) is 14.0. The molecule has 1 aromatic heterocycles. The number of nitro benzene ring substituents is 1. The molecular weight excluding hydrogens is 354 g/mol. The Hall–Kier alpha value is -3.01. The lowest BCUT2D eigenvalue weighted by atomic mass is 9.96. The molecule has 0 saturated carbocycles. The highest BCUT2D eigenvalue weighted by Gasteiger charge is 2.21. The Morgan fingerprint density at radius 2 is 1.93 bits per heavy atom. The molecule has 1 aliphatic heterocycles. The molecule has 3 N–H and O–H groups in total. The second-order valence-corrected chi connectivity index (χ2v) is 6.85. The van der Waals surface area contributed by atoms with E-state index in [2.05, 4.69) is 20.2 Å². The van der Waals surface area contributed by atoms with Gasteiger partial charge in [0.1, 0.15) is 0 Å². The SMILES string of the molecule is CC(=O)NCC1CCN(Cc2cc([N+](=O)[O-])cc3[nH]c(=O)c(=O)[nH]c23)CC1. The minimum Gasteiger partial charge on any atom is -0.356 e. The number of likely N-dealkylation sites (tertiary alicyclic amines) is 1. The van der Waals surface area contributed by atoms with Crippen molar-refractivity contribution in [3.05, 3.63) is 48.5 Å². The van der Waals surface area contributed by atoms with Gasteiger partial charge in [-0.1, -0.05) is 0 Å². The van der Waals surface area contributed by atoms with Crippen LogP contribution in [-0.4, -0.2) is 45.3 Å². The smallest absolute Gasteiger partial charge is 0.314 e. The van der Waals surface area contributed by atoms with Crippen LogP contribution in [0.3, 0.4) is 0 Å². The van der Waals surface area contributed by atoms with Crippen molar-refractivity contribution < 1.29 is 9.72 Å². The van der Waals surface area contributed by atoms with Gasteiger partial charge in [-0.25, -0.2) is 0 Å². The van der Waals surface area contributed by atoms with Crippen molar-refractivity contribution in [2.24, 2.45) is 5.92 Å². The summed E-state index contributed by atoms with van der Waals surface area (Å²) in [6, 6.07) is 2.68. The third kappa shape index (κ3) is 4.40. The van der Waals surface area contributed by atoms with Crippen LogP contribution >= 0.6 is 0 Å². The number of aromatic nitrogens is 2. The molecule has 0 unspecified atom stereocenters. The molecule has 144 valence electrons. The quantitative estimate of drug-likeness (QED) is 0.394. The second-order valence-electron chi connectivity index (χ2n) is 6.85. The van der Waals surface area contributed by atoms with Gasteiger partial charge in [-0.15, -0.1) is 0 Å². The number of hydrogen-bond acceptors (Lipinski definition) is 6. The zero-order valence-corrected chi connectivity index (χ0v) is 14.9. The number of rotatable bonds is 5. The van der Waals surface area contributed by atoms with E-state index in [1.54, 1.807) is 0 Å². The first-order valence-corrected chi connectivity index (χ1v) is 8.74. The average Bonchev–Trinajstić information content (AvgIpc) is 2.62. The number of non-ortho nitro benzene ring substituents is 1. The molecule has 27 heavy (non-hydrogen) atoms. The monoisotopic (exact) mass is 375 g/mol. The van der Waals surface area contributed by atoms with Gasteiger partial charge in [0.25, 0.3) is 5.69 Å². The number of aromatic amines is 2. The molecule has 0 atom stereocenters. The molecule has 0 aliphatic carbocycles. The van der Waals surface area contributed by atoms with Gasteiger partial charge in [-0.05, 0) is 37.4 Å². The van der Waals surface area contributed by atoms with Crippen LogP contribution in [0, 0.1) is 16.0 Å². The maximum Gasteiger partial charge on any atom is 0.314 e. The lowest BCUT2D eigenvalue weighted by Crippen LogP contribution is -2.38. The maximum atomic E-state index is 11.7. The second kappa shape index (κ2) is 7.70. The van der Waals surface area contributed by atoms with Crippen LogP contribution in [-0.2, 0) is 11.3 Å². The summed E-state index contributed by atoms with van der Waals surface area (Å²) in [5.41, 5.74) is -0.525. The van der Waals surface area contributed by atoms with E-state index in [-0.39, 0.29) is 17.1 Å². The van der Waals surface area contributed by atoms with Crippen molar-refractivity contribution in [3.63, 3.8) is 0 Å². The summed E-state index contributed by atoms with van der Waals surface area (Å²) in [7, 11) is 0. The fourth-order valence-corrected chi connectivity index (χ4v) is 3.39. The Balaban J connectivity index is 1.81. The van der Waals surface area contributed by atoms with Crippen LogP contribution in [0.1, 0.15) is 25.3 Å². The predicted molar refractivity (Wildman–Crippen MR) is 98.5 cm³/mol. The molecule has 1 aromatic carbocycles. The highest BCUT2D eigenvalue weighted by atomic mass is 16.6. The first-order valence-electron chi connectivity index (χ1n) is 8.74. The lowest BCUT2D eigenvalue weighted by molar-refractivity contribution is -0.384. The molecule has 0 bridgehead atoms. The number of H-pyrrole nitrogens is 2. The number of nitrogens with zero attached hydrogens (tertiary/aromatic N) is 2. The highest BCUT2D eigenvalue weighted by Crippen LogP contribution is 2.25. The molecule has 1 fully saturated rings. The van der Waals surface area contributed by atoms with Crippen molar-refractivity contribution in [1.29, 1.82) is 0 Å². The van der Waals surface area contributed by atoms with Gasteiger partial charge in [-0.2, -0.15) is 0 Å². The van der Waals surface area contributed by atoms with Crippen LogP contribution in [0.4, 0.5) is 5.69 Å². The predicted octanol–water partition coefficient (Wildman–Crippen LogP) is 0.473. The van der Waals surface area contributed by atoms with Crippen LogP contribution in [0.15, 0.2) is 21.7 Å². The van der Waals surface area contributed by atoms with Crippen molar-refractivity contribution in [2.45, 2.75) is 26.3 Å². The minimum absolute atomic E-state index is 0.0431. The Morgan fingerprint density at radius 3 is 2.56 bits per heavy atom. The Labute approximate surface area is 153 Å². The fraction of sp³-hybridized carbons (Fsp3) is 0.471. The molecule has 0 radical (unpaired) electrons. The maximum absolute atomic E-state index is 11.7. The van der Waals surface area contributed by atoms with Gasteiger partial charge in [0.15, 0.2) is 0 Å². The van der Waals surface area contributed by atoms with Gasteiger partial charge >= 0.3 is 11.1 Å². The van der Waals surface area contributed by atoms with Gasteiger partial charge in [0, 0.05) is 32.1 Å². The van der Waals surface area contributed by atoms with Gasteiger partial charge in [0.2, 0.25) is 5.91 Å². The van der Waals surface area contributed by atoms with E-state index in [0.29, 0.717) is 30.1 Å². The molecule has 3 rings (SSSR count). The number of piperidine rings is 1. The molecule has 1 saturated heterocycles. The Bertz CT molecular complexity index is 987. The third-order valence-corrected chi connectivity index (χ3v) is 4.85. The number of amides is 1. The first-order chi connectivity index (χ1) is 12.8. The first kappa shape index (κ1) is 18.8. The number of carbonyl (C=O) groups excluding carboxylic acids is 1. The van der Waals surface area contributed by atoms with Gasteiger partial charge in [-0.3, -0.25) is 29.4 Å². The summed E-state index contributed by atoms with van der Waals surface area (Å²) in [5.74, 6) is 0.363. The number of nitro groups is 1.